The van der Waals surface area contributed by atoms with Crippen molar-refractivity contribution in [1.29, 1.82) is 0 Å². The first kappa shape index (κ1) is 27.4. The van der Waals surface area contributed by atoms with Crippen LogP contribution in [0.25, 0.3) is 0 Å². The number of ether oxygens (including phenoxy) is 2. The second-order valence-corrected chi connectivity index (χ2v) is 10.5. The predicted octanol–water partition coefficient (Wildman–Crippen LogP) is 6.73. The maximum absolute atomic E-state index is 13.5. The molecule has 5 rings (SSSR count). The van der Waals surface area contributed by atoms with Crippen molar-refractivity contribution in [2.45, 2.75) is 44.1 Å². The van der Waals surface area contributed by atoms with E-state index in [0.29, 0.717) is 6.79 Å². The largest absolute Gasteiger partial charge is 0.462 e. The highest BCUT2D eigenvalue weighted by molar-refractivity contribution is 5.32. The van der Waals surface area contributed by atoms with Gasteiger partial charge in [-0.3, -0.25) is 4.90 Å². The third-order valence-corrected chi connectivity index (χ3v) is 7.95. The van der Waals surface area contributed by atoms with E-state index in [4.69, 9.17) is 9.47 Å². The number of piperazine rings is 1. The molecule has 1 atom stereocenters. The van der Waals surface area contributed by atoms with Gasteiger partial charge in [0.15, 0.2) is 5.76 Å². The average molecular weight is 533 g/mol. The summed E-state index contributed by atoms with van der Waals surface area (Å²) in [6, 6.07) is 24.3. The van der Waals surface area contributed by atoms with Crippen molar-refractivity contribution in [1.82, 2.24) is 9.80 Å². The monoisotopic (exact) mass is 532 g/mol. The van der Waals surface area contributed by atoms with Gasteiger partial charge in [-0.15, -0.1) is 0 Å². The lowest BCUT2D eigenvalue weighted by Gasteiger charge is -2.39. The van der Waals surface area contributed by atoms with Crippen LogP contribution in [0.3, 0.4) is 0 Å². The first-order chi connectivity index (χ1) is 19.2. The van der Waals surface area contributed by atoms with Gasteiger partial charge in [0.05, 0.1) is 6.04 Å². The van der Waals surface area contributed by atoms with E-state index in [2.05, 4.69) is 40.1 Å². The van der Waals surface area contributed by atoms with Gasteiger partial charge in [-0.25, -0.2) is 8.78 Å². The number of rotatable bonds is 12. The molecular formula is C33H38F2N2O2. The van der Waals surface area contributed by atoms with Crippen molar-refractivity contribution >= 4 is 0 Å². The molecule has 0 aliphatic carbocycles. The topological polar surface area (TPSA) is 24.9 Å². The minimum Gasteiger partial charge on any atom is -0.462 e. The second kappa shape index (κ2) is 13.7. The van der Waals surface area contributed by atoms with E-state index in [9.17, 15) is 8.78 Å². The van der Waals surface area contributed by atoms with E-state index in [-0.39, 0.29) is 23.6 Å². The smallest absolute Gasteiger partial charge is 0.229 e. The molecule has 0 aromatic heterocycles. The van der Waals surface area contributed by atoms with Crippen LogP contribution in [0.5, 0.6) is 0 Å². The Balaban J connectivity index is 1.08. The van der Waals surface area contributed by atoms with Crippen molar-refractivity contribution in [3.63, 3.8) is 0 Å². The lowest BCUT2D eigenvalue weighted by atomic mass is 9.87. The number of hydrogen-bond acceptors (Lipinski definition) is 4. The molecule has 6 heteroatoms. The van der Waals surface area contributed by atoms with Gasteiger partial charge in [0.2, 0.25) is 6.79 Å². The van der Waals surface area contributed by atoms with Gasteiger partial charge in [-0.2, -0.15) is 0 Å². The quantitative estimate of drug-likeness (QED) is 0.242. The van der Waals surface area contributed by atoms with Crippen LogP contribution in [0.2, 0.25) is 0 Å². The van der Waals surface area contributed by atoms with Crippen molar-refractivity contribution in [3.8, 4) is 0 Å². The van der Waals surface area contributed by atoms with Crippen molar-refractivity contribution in [2.24, 2.45) is 0 Å². The Morgan fingerprint density at radius 1 is 0.718 bits per heavy atom. The molecule has 0 saturated carbocycles. The Morgan fingerprint density at radius 2 is 1.36 bits per heavy atom. The van der Waals surface area contributed by atoms with E-state index in [0.717, 1.165) is 81.7 Å². The molecule has 0 radical (unpaired) electrons. The number of nitrogens with zero attached hydrogens (tertiary/aromatic N) is 2. The molecule has 3 aromatic rings. The zero-order valence-electron chi connectivity index (χ0n) is 22.5. The predicted molar refractivity (Wildman–Crippen MR) is 150 cm³/mol. The van der Waals surface area contributed by atoms with Crippen LogP contribution in [-0.4, -0.2) is 55.4 Å². The summed E-state index contributed by atoms with van der Waals surface area (Å²) in [7, 11) is 0. The van der Waals surface area contributed by atoms with Gasteiger partial charge in [-0.05, 0) is 66.8 Å². The van der Waals surface area contributed by atoms with E-state index < -0.39 is 0 Å². The maximum atomic E-state index is 13.5. The van der Waals surface area contributed by atoms with E-state index in [1.54, 1.807) is 6.26 Å². The molecule has 0 N–H and O–H groups in total. The van der Waals surface area contributed by atoms with Crippen LogP contribution in [-0.2, 0) is 15.9 Å². The molecule has 1 saturated heterocycles. The highest BCUT2D eigenvalue weighted by atomic mass is 19.1. The second-order valence-electron chi connectivity index (χ2n) is 10.5. The van der Waals surface area contributed by atoms with E-state index in [1.165, 1.54) is 29.8 Å². The van der Waals surface area contributed by atoms with Crippen molar-refractivity contribution in [3.05, 3.63) is 119 Å². The zero-order valence-corrected chi connectivity index (χ0v) is 22.5. The van der Waals surface area contributed by atoms with Gasteiger partial charge < -0.3 is 14.4 Å². The van der Waals surface area contributed by atoms with Crippen LogP contribution in [0, 0.1) is 11.6 Å². The molecule has 3 aromatic carbocycles. The molecule has 4 nitrogen and oxygen atoms in total. The summed E-state index contributed by atoms with van der Waals surface area (Å²) in [5.41, 5.74) is 3.47. The molecule has 0 bridgehead atoms. The van der Waals surface area contributed by atoms with Gasteiger partial charge >= 0.3 is 0 Å². The van der Waals surface area contributed by atoms with Crippen molar-refractivity contribution < 1.29 is 18.3 Å². The number of halogens is 2. The minimum absolute atomic E-state index is 0.146. The van der Waals surface area contributed by atoms with Gasteiger partial charge in [0.25, 0.3) is 0 Å². The molecule has 1 fully saturated rings. The minimum atomic E-state index is -0.232. The van der Waals surface area contributed by atoms with Gasteiger partial charge in [0, 0.05) is 32.1 Å². The Kier molecular flexibility index (Phi) is 9.62. The fourth-order valence-corrected chi connectivity index (χ4v) is 5.75. The molecule has 39 heavy (non-hydrogen) atoms. The zero-order chi connectivity index (χ0) is 26.9. The standard InChI is InChI=1S/C33H38F2N2O2/c34-29-14-10-27(11-15-29)31(28-12-16-30(35)17-13-28)9-5-2-6-18-36-19-21-37(22-20-36)32(33-24-38-25-39-33)23-26-7-3-1-4-8-26/h1,3-4,7-8,10-17,24,31-32H,2,5-6,9,18-23,25H2. The van der Waals surface area contributed by atoms with Crippen LogP contribution in [0.1, 0.15) is 48.3 Å². The lowest BCUT2D eigenvalue weighted by Crippen LogP contribution is -2.51. The molecular weight excluding hydrogens is 494 g/mol. The molecule has 2 heterocycles. The summed E-state index contributed by atoms with van der Waals surface area (Å²) >= 11 is 0. The summed E-state index contributed by atoms with van der Waals surface area (Å²) in [5, 5.41) is 0. The summed E-state index contributed by atoms with van der Waals surface area (Å²) < 4.78 is 38.2. The Morgan fingerprint density at radius 3 is 1.95 bits per heavy atom. The van der Waals surface area contributed by atoms with E-state index >= 15 is 0 Å². The highest BCUT2D eigenvalue weighted by Crippen LogP contribution is 2.30. The number of unbranched alkanes of at least 4 members (excludes halogenated alkanes) is 2. The Bertz CT molecular complexity index is 1130. The normalized spacial score (nSPS) is 17.1. The molecule has 0 spiro atoms. The average Bonchev–Trinajstić information content (AvgIpc) is 3.51. The third kappa shape index (κ3) is 7.68. The Labute approximate surface area is 230 Å². The molecule has 2 aliphatic heterocycles. The summed E-state index contributed by atoms with van der Waals surface area (Å²) in [6.45, 7) is 5.52. The summed E-state index contributed by atoms with van der Waals surface area (Å²) in [5.74, 6) is 0.615. The molecule has 206 valence electrons. The molecule has 2 aliphatic rings. The summed E-state index contributed by atoms with van der Waals surface area (Å²) in [6.07, 6.45) is 7.01. The Hall–Kier alpha value is -3.22. The molecule has 0 amide bonds. The molecule has 1 unspecified atom stereocenters. The number of benzene rings is 3. The number of hydrogen-bond donors (Lipinski definition) is 0. The lowest BCUT2D eigenvalue weighted by molar-refractivity contribution is 0.0451. The fraction of sp³-hybridized carbons (Fsp3) is 0.394. The van der Waals surface area contributed by atoms with Crippen LogP contribution in [0.15, 0.2) is 90.9 Å². The van der Waals surface area contributed by atoms with Gasteiger partial charge in [0.1, 0.15) is 17.9 Å². The highest BCUT2D eigenvalue weighted by Gasteiger charge is 2.29. The summed E-state index contributed by atoms with van der Waals surface area (Å²) in [4.78, 5) is 5.09. The first-order valence-electron chi connectivity index (χ1n) is 14.1. The fourth-order valence-electron chi connectivity index (χ4n) is 5.75. The van der Waals surface area contributed by atoms with Crippen LogP contribution >= 0.6 is 0 Å². The van der Waals surface area contributed by atoms with E-state index in [1.807, 2.05) is 24.3 Å². The van der Waals surface area contributed by atoms with Crippen LogP contribution in [0.4, 0.5) is 8.78 Å². The van der Waals surface area contributed by atoms with Crippen LogP contribution < -0.4 is 0 Å². The van der Waals surface area contributed by atoms with Crippen molar-refractivity contribution in [2.75, 3.05) is 39.5 Å². The third-order valence-electron chi connectivity index (χ3n) is 7.95. The first-order valence-corrected chi connectivity index (χ1v) is 14.1. The van der Waals surface area contributed by atoms with Gasteiger partial charge in [-0.1, -0.05) is 67.4 Å². The maximum Gasteiger partial charge on any atom is 0.229 e. The SMILES string of the molecule is Fc1ccc(C(CCCCCN2CCN(C(Cc3ccccc3)C3=COCO3)CC2)c2ccc(F)cc2)cc1.